The van der Waals surface area contributed by atoms with Crippen molar-refractivity contribution >= 4 is 17.4 Å². The van der Waals surface area contributed by atoms with E-state index in [1.807, 2.05) is 16.8 Å². The van der Waals surface area contributed by atoms with Gasteiger partial charge in [-0.3, -0.25) is 4.90 Å². The number of nitrogens with two attached hydrogens (primary N) is 2. The van der Waals surface area contributed by atoms with Gasteiger partial charge >= 0.3 is 6.03 Å². The number of anilines is 2. The molecular formula is C19H25FN6O. The molecule has 4 rings (SSSR count). The highest BCUT2D eigenvalue weighted by atomic mass is 19.1. The molecule has 2 amide bonds. The maximum Gasteiger partial charge on any atom is 0.324 e. The first kappa shape index (κ1) is 17.5. The van der Waals surface area contributed by atoms with E-state index in [4.69, 9.17) is 11.5 Å². The second-order valence-electron chi connectivity index (χ2n) is 7.68. The summed E-state index contributed by atoms with van der Waals surface area (Å²) in [5.41, 5.74) is 13.0. The van der Waals surface area contributed by atoms with Crippen LogP contribution >= 0.6 is 0 Å². The molecule has 144 valence electrons. The van der Waals surface area contributed by atoms with E-state index < -0.39 is 0 Å². The third-order valence-corrected chi connectivity index (χ3v) is 5.65. The van der Waals surface area contributed by atoms with Gasteiger partial charge in [0.1, 0.15) is 5.82 Å². The molecule has 4 N–H and O–H groups in total. The fourth-order valence-electron chi connectivity index (χ4n) is 4.20. The van der Waals surface area contributed by atoms with Gasteiger partial charge in [-0.25, -0.2) is 9.18 Å². The SMILES string of the molecule is CN1CCN(C(=O)N2CC3(C2)CN(/C(N)=C/C=C\N)C3)c2ccc(F)cc21. The van der Waals surface area contributed by atoms with E-state index in [1.54, 1.807) is 23.1 Å². The number of fused-ring (bicyclic) bond motifs is 1. The average Bonchev–Trinajstić information content (AvgIpc) is 2.58. The molecular weight excluding hydrogens is 347 g/mol. The number of likely N-dealkylation sites (tertiary alicyclic amines) is 2. The van der Waals surface area contributed by atoms with Crippen LogP contribution in [0.15, 0.2) is 42.4 Å². The normalized spacial score (nSPS) is 21.3. The smallest absolute Gasteiger partial charge is 0.324 e. The van der Waals surface area contributed by atoms with Crippen LogP contribution in [0.2, 0.25) is 0 Å². The summed E-state index contributed by atoms with van der Waals surface area (Å²) in [6, 6.07) is 4.58. The Morgan fingerprint density at radius 2 is 1.85 bits per heavy atom. The lowest BCUT2D eigenvalue weighted by atomic mass is 9.73. The molecule has 1 aromatic rings. The minimum atomic E-state index is -0.289. The number of rotatable bonds is 2. The monoisotopic (exact) mass is 372 g/mol. The summed E-state index contributed by atoms with van der Waals surface area (Å²) in [6.07, 6.45) is 4.95. The molecule has 1 aromatic carbocycles. The van der Waals surface area contributed by atoms with Crippen molar-refractivity contribution in [3.05, 3.63) is 48.2 Å². The highest BCUT2D eigenvalue weighted by Crippen LogP contribution is 2.42. The van der Waals surface area contributed by atoms with Gasteiger partial charge in [0.2, 0.25) is 0 Å². The summed E-state index contributed by atoms with van der Waals surface area (Å²) >= 11 is 0. The Hall–Kier alpha value is -2.90. The molecule has 27 heavy (non-hydrogen) atoms. The molecule has 0 atom stereocenters. The fraction of sp³-hybridized carbons (Fsp3) is 0.421. The van der Waals surface area contributed by atoms with Crippen LogP contribution in [0.3, 0.4) is 0 Å². The minimum Gasteiger partial charge on any atom is -0.405 e. The van der Waals surface area contributed by atoms with Crippen molar-refractivity contribution in [3.8, 4) is 0 Å². The van der Waals surface area contributed by atoms with Crippen molar-refractivity contribution in [2.45, 2.75) is 0 Å². The van der Waals surface area contributed by atoms with Crippen molar-refractivity contribution in [2.24, 2.45) is 16.9 Å². The molecule has 0 aromatic heterocycles. The van der Waals surface area contributed by atoms with E-state index in [9.17, 15) is 9.18 Å². The predicted octanol–water partition coefficient (Wildman–Crippen LogP) is 1.09. The fourth-order valence-corrected chi connectivity index (χ4v) is 4.20. The Bertz CT molecular complexity index is 808. The number of benzene rings is 1. The molecule has 7 nitrogen and oxygen atoms in total. The lowest BCUT2D eigenvalue weighted by Crippen LogP contribution is -2.74. The number of nitrogens with zero attached hydrogens (tertiary/aromatic N) is 4. The molecule has 1 spiro atoms. The zero-order chi connectivity index (χ0) is 19.2. The van der Waals surface area contributed by atoms with Crippen molar-refractivity contribution in [1.82, 2.24) is 9.80 Å². The lowest BCUT2D eigenvalue weighted by molar-refractivity contribution is -0.0782. The molecule has 2 saturated heterocycles. The molecule has 3 aliphatic heterocycles. The summed E-state index contributed by atoms with van der Waals surface area (Å²) in [7, 11) is 1.92. The quantitative estimate of drug-likeness (QED) is 0.760. The van der Waals surface area contributed by atoms with Gasteiger partial charge in [-0.1, -0.05) is 0 Å². The minimum absolute atomic E-state index is 0.00499. The van der Waals surface area contributed by atoms with Crippen LogP contribution in [0.4, 0.5) is 20.6 Å². The average molecular weight is 372 g/mol. The third kappa shape index (κ3) is 2.94. The number of hydrogen-bond donors (Lipinski definition) is 2. The van der Waals surface area contributed by atoms with E-state index in [2.05, 4.69) is 4.90 Å². The first-order chi connectivity index (χ1) is 12.9. The van der Waals surface area contributed by atoms with Crippen LogP contribution < -0.4 is 21.3 Å². The van der Waals surface area contributed by atoms with Crippen molar-refractivity contribution in [2.75, 3.05) is 56.1 Å². The van der Waals surface area contributed by atoms with Gasteiger partial charge in [-0.05, 0) is 36.6 Å². The highest BCUT2D eigenvalue weighted by Gasteiger charge is 2.54. The molecule has 0 bridgehead atoms. The molecule has 0 saturated carbocycles. The Balaban J connectivity index is 1.39. The molecule has 3 aliphatic rings. The van der Waals surface area contributed by atoms with E-state index in [1.165, 1.54) is 18.3 Å². The van der Waals surface area contributed by atoms with Gasteiger partial charge in [0.25, 0.3) is 0 Å². The summed E-state index contributed by atoms with van der Waals surface area (Å²) in [6.45, 7) is 4.44. The molecule has 0 aliphatic carbocycles. The second kappa shape index (κ2) is 6.37. The predicted molar refractivity (Wildman–Crippen MR) is 104 cm³/mol. The Morgan fingerprint density at radius 3 is 2.56 bits per heavy atom. The first-order valence-electron chi connectivity index (χ1n) is 9.09. The van der Waals surface area contributed by atoms with E-state index in [0.29, 0.717) is 18.9 Å². The maximum absolute atomic E-state index is 13.6. The number of carbonyl (C=O) groups is 1. The van der Waals surface area contributed by atoms with Gasteiger partial charge in [0.05, 0.1) is 17.2 Å². The summed E-state index contributed by atoms with van der Waals surface area (Å²) < 4.78 is 13.6. The largest absolute Gasteiger partial charge is 0.405 e. The van der Waals surface area contributed by atoms with Gasteiger partial charge in [0, 0.05) is 51.7 Å². The summed E-state index contributed by atoms with van der Waals surface area (Å²) in [4.78, 5) is 20.7. The first-order valence-corrected chi connectivity index (χ1v) is 9.09. The van der Waals surface area contributed by atoms with E-state index >= 15 is 0 Å². The Kier molecular flexibility index (Phi) is 4.13. The third-order valence-electron chi connectivity index (χ3n) is 5.65. The summed E-state index contributed by atoms with van der Waals surface area (Å²) in [5.74, 6) is 0.407. The number of hydrogen-bond acceptors (Lipinski definition) is 5. The molecule has 8 heteroatoms. The molecule has 3 heterocycles. The van der Waals surface area contributed by atoms with Gasteiger partial charge in [-0.15, -0.1) is 0 Å². The number of likely N-dealkylation sites (N-methyl/N-ethyl adjacent to an activating group) is 1. The topological polar surface area (TPSA) is 82.1 Å². The Morgan fingerprint density at radius 1 is 1.15 bits per heavy atom. The molecule has 2 fully saturated rings. The highest BCUT2D eigenvalue weighted by molar-refractivity contribution is 5.97. The van der Waals surface area contributed by atoms with Crippen molar-refractivity contribution in [3.63, 3.8) is 0 Å². The number of carbonyl (C=O) groups excluding carboxylic acids is 1. The van der Waals surface area contributed by atoms with E-state index in [0.717, 1.165) is 37.6 Å². The molecule has 0 unspecified atom stereocenters. The number of halogens is 1. The molecule has 0 radical (unpaired) electrons. The number of allylic oxidation sites excluding steroid dienone is 2. The number of amides is 2. The zero-order valence-electron chi connectivity index (χ0n) is 15.4. The van der Waals surface area contributed by atoms with Crippen LogP contribution in [-0.2, 0) is 0 Å². The van der Waals surface area contributed by atoms with Crippen LogP contribution in [0, 0.1) is 11.2 Å². The van der Waals surface area contributed by atoms with Crippen LogP contribution in [0.1, 0.15) is 0 Å². The Labute approximate surface area is 158 Å². The second-order valence-corrected chi connectivity index (χ2v) is 7.68. The van der Waals surface area contributed by atoms with E-state index in [-0.39, 0.29) is 17.3 Å². The van der Waals surface area contributed by atoms with Gasteiger partial charge < -0.3 is 26.2 Å². The van der Waals surface area contributed by atoms with Crippen LogP contribution in [-0.4, -0.2) is 62.1 Å². The standard InChI is InChI=1S/C19H25FN6O/c1-23-7-8-26(15-5-4-14(20)9-16(15)23)18(27)25-12-19(13-25)10-24(11-19)17(22)3-2-6-21/h2-6,9H,7-8,10-13,21-22H2,1H3/b6-2-,17-3+. The lowest BCUT2D eigenvalue weighted by Gasteiger charge is -2.61. The van der Waals surface area contributed by atoms with Crippen molar-refractivity contribution in [1.29, 1.82) is 0 Å². The number of urea groups is 1. The summed E-state index contributed by atoms with van der Waals surface area (Å²) in [5, 5.41) is 0. The maximum atomic E-state index is 13.6. The van der Waals surface area contributed by atoms with Crippen LogP contribution in [0.25, 0.3) is 0 Å². The van der Waals surface area contributed by atoms with Gasteiger partial charge in [0.15, 0.2) is 0 Å². The van der Waals surface area contributed by atoms with Crippen LogP contribution in [0.5, 0.6) is 0 Å². The zero-order valence-corrected chi connectivity index (χ0v) is 15.4. The van der Waals surface area contributed by atoms with Crippen molar-refractivity contribution < 1.29 is 9.18 Å². The van der Waals surface area contributed by atoms with Gasteiger partial charge in [-0.2, -0.15) is 0 Å².